The SMILES string of the molecule is COC(=O)C1=NC(C)=C(C)C1. The van der Waals surface area contributed by atoms with Crippen LogP contribution in [-0.2, 0) is 9.53 Å². The number of esters is 1. The third kappa shape index (κ3) is 1.48. The Morgan fingerprint density at radius 3 is 2.55 bits per heavy atom. The number of carbonyl (C=O) groups excluding carboxylic acids is 1. The molecule has 0 aliphatic carbocycles. The number of carbonyl (C=O) groups is 1. The summed E-state index contributed by atoms with van der Waals surface area (Å²) in [4.78, 5) is 15.0. The monoisotopic (exact) mass is 153 g/mol. The second kappa shape index (κ2) is 2.86. The van der Waals surface area contributed by atoms with Crippen LogP contribution in [0.1, 0.15) is 20.3 Å². The van der Waals surface area contributed by atoms with Gasteiger partial charge in [0.05, 0.1) is 7.11 Å². The highest BCUT2D eigenvalue weighted by Gasteiger charge is 2.18. The summed E-state index contributed by atoms with van der Waals surface area (Å²) >= 11 is 0. The molecule has 0 saturated carbocycles. The van der Waals surface area contributed by atoms with Gasteiger partial charge in [0.15, 0.2) is 0 Å². The highest BCUT2D eigenvalue weighted by molar-refractivity contribution is 6.37. The van der Waals surface area contributed by atoms with Gasteiger partial charge in [-0.25, -0.2) is 4.79 Å². The fraction of sp³-hybridized carbons (Fsp3) is 0.500. The van der Waals surface area contributed by atoms with E-state index < -0.39 is 0 Å². The second-order valence-corrected chi connectivity index (χ2v) is 2.59. The maximum atomic E-state index is 10.9. The Morgan fingerprint density at radius 1 is 1.55 bits per heavy atom. The minimum Gasteiger partial charge on any atom is -0.465 e. The first kappa shape index (κ1) is 7.98. The molecule has 0 aromatic rings. The lowest BCUT2D eigenvalue weighted by atomic mass is 10.1. The van der Waals surface area contributed by atoms with Gasteiger partial charge in [-0.2, -0.15) is 0 Å². The van der Waals surface area contributed by atoms with Crippen molar-refractivity contribution >= 4 is 11.7 Å². The standard InChI is InChI=1S/C8H11NO2/c1-5-4-7(8(10)11-3)9-6(5)2/h4H2,1-3H3. The molecule has 60 valence electrons. The van der Waals surface area contributed by atoms with Gasteiger partial charge in [0.25, 0.3) is 0 Å². The molecule has 3 nitrogen and oxygen atoms in total. The summed E-state index contributed by atoms with van der Waals surface area (Å²) in [7, 11) is 1.37. The molecule has 0 spiro atoms. The first-order valence-corrected chi connectivity index (χ1v) is 3.47. The van der Waals surface area contributed by atoms with Gasteiger partial charge in [0.1, 0.15) is 5.71 Å². The highest BCUT2D eigenvalue weighted by atomic mass is 16.5. The van der Waals surface area contributed by atoms with E-state index in [0.29, 0.717) is 12.1 Å². The summed E-state index contributed by atoms with van der Waals surface area (Å²) in [6.45, 7) is 3.86. The third-order valence-electron chi connectivity index (χ3n) is 1.77. The maximum Gasteiger partial charge on any atom is 0.352 e. The number of rotatable bonds is 1. The van der Waals surface area contributed by atoms with Gasteiger partial charge in [0, 0.05) is 12.1 Å². The van der Waals surface area contributed by atoms with Crippen LogP contribution >= 0.6 is 0 Å². The molecule has 0 aromatic carbocycles. The van der Waals surface area contributed by atoms with E-state index in [0.717, 1.165) is 11.3 Å². The van der Waals surface area contributed by atoms with Gasteiger partial charge < -0.3 is 4.74 Å². The van der Waals surface area contributed by atoms with Crippen molar-refractivity contribution in [3.05, 3.63) is 11.3 Å². The Hall–Kier alpha value is -1.12. The quantitative estimate of drug-likeness (QED) is 0.532. The van der Waals surface area contributed by atoms with Crippen LogP contribution < -0.4 is 0 Å². The summed E-state index contributed by atoms with van der Waals surface area (Å²) < 4.78 is 4.53. The lowest BCUT2D eigenvalue weighted by molar-refractivity contribution is -0.132. The predicted octanol–water partition coefficient (Wildman–Crippen LogP) is 1.30. The van der Waals surface area contributed by atoms with Crippen LogP contribution in [-0.4, -0.2) is 18.8 Å². The van der Waals surface area contributed by atoms with E-state index >= 15 is 0 Å². The molecule has 0 radical (unpaired) electrons. The average Bonchev–Trinajstić information content (AvgIpc) is 2.31. The van der Waals surface area contributed by atoms with Gasteiger partial charge in [0.2, 0.25) is 0 Å². The molecular formula is C8H11NO2. The maximum absolute atomic E-state index is 10.9. The third-order valence-corrected chi connectivity index (χ3v) is 1.77. The van der Waals surface area contributed by atoms with Crippen LogP contribution in [0.5, 0.6) is 0 Å². The fourth-order valence-corrected chi connectivity index (χ4v) is 0.952. The lowest BCUT2D eigenvalue weighted by Crippen LogP contribution is -2.13. The molecule has 0 N–H and O–H groups in total. The summed E-state index contributed by atoms with van der Waals surface area (Å²) in [5.41, 5.74) is 2.60. The van der Waals surface area contributed by atoms with Crippen LogP contribution in [0.2, 0.25) is 0 Å². The Balaban J connectivity index is 2.71. The van der Waals surface area contributed by atoms with Crippen LogP contribution in [0.15, 0.2) is 16.3 Å². The lowest BCUT2D eigenvalue weighted by Gasteiger charge is -1.95. The Bertz CT molecular complexity index is 251. The predicted molar refractivity (Wildman–Crippen MR) is 42.4 cm³/mol. The van der Waals surface area contributed by atoms with Crippen molar-refractivity contribution in [1.82, 2.24) is 0 Å². The molecule has 11 heavy (non-hydrogen) atoms. The number of nitrogens with zero attached hydrogens (tertiary/aromatic N) is 1. The zero-order valence-corrected chi connectivity index (χ0v) is 6.97. The number of ether oxygens (including phenoxy) is 1. The van der Waals surface area contributed by atoms with Gasteiger partial charge in [-0.1, -0.05) is 0 Å². The van der Waals surface area contributed by atoms with E-state index in [1.165, 1.54) is 7.11 Å². The molecule has 0 amide bonds. The summed E-state index contributed by atoms with van der Waals surface area (Å²) in [5, 5.41) is 0. The van der Waals surface area contributed by atoms with Crippen LogP contribution in [0.25, 0.3) is 0 Å². The molecule has 0 aromatic heterocycles. The van der Waals surface area contributed by atoms with Crippen LogP contribution in [0.4, 0.5) is 0 Å². The first-order chi connectivity index (χ1) is 5.15. The molecule has 3 heteroatoms. The van der Waals surface area contributed by atoms with E-state index in [1.54, 1.807) is 0 Å². The zero-order chi connectivity index (χ0) is 8.43. The van der Waals surface area contributed by atoms with E-state index in [-0.39, 0.29) is 5.97 Å². The van der Waals surface area contributed by atoms with Gasteiger partial charge in [-0.15, -0.1) is 0 Å². The van der Waals surface area contributed by atoms with E-state index in [2.05, 4.69) is 9.73 Å². The summed E-state index contributed by atoms with van der Waals surface area (Å²) in [6, 6.07) is 0. The highest BCUT2D eigenvalue weighted by Crippen LogP contribution is 2.18. The van der Waals surface area contributed by atoms with Crippen molar-refractivity contribution in [2.75, 3.05) is 7.11 Å². The molecule has 0 bridgehead atoms. The normalized spacial score (nSPS) is 16.8. The molecule has 1 rings (SSSR count). The minimum atomic E-state index is -0.318. The zero-order valence-electron chi connectivity index (χ0n) is 6.97. The van der Waals surface area contributed by atoms with Crippen molar-refractivity contribution in [1.29, 1.82) is 0 Å². The molecule has 1 heterocycles. The van der Waals surface area contributed by atoms with Gasteiger partial charge in [-0.05, 0) is 19.4 Å². The number of allylic oxidation sites excluding steroid dienone is 2. The Morgan fingerprint density at radius 2 is 2.18 bits per heavy atom. The second-order valence-electron chi connectivity index (χ2n) is 2.59. The van der Waals surface area contributed by atoms with E-state index in [4.69, 9.17) is 0 Å². The number of methoxy groups -OCH3 is 1. The minimum absolute atomic E-state index is 0.318. The van der Waals surface area contributed by atoms with Crippen LogP contribution in [0, 0.1) is 0 Å². The van der Waals surface area contributed by atoms with E-state index in [1.807, 2.05) is 13.8 Å². The molecule has 1 aliphatic rings. The van der Waals surface area contributed by atoms with Gasteiger partial charge >= 0.3 is 5.97 Å². The average molecular weight is 153 g/mol. The number of hydrogen-bond acceptors (Lipinski definition) is 3. The molecular weight excluding hydrogens is 142 g/mol. The van der Waals surface area contributed by atoms with Crippen molar-refractivity contribution in [2.24, 2.45) is 4.99 Å². The number of hydrogen-bond donors (Lipinski definition) is 0. The molecule has 0 fully saturated rings. The van der Waals surface area contributed by atoms with Crippen molar-refractivity contribution in [3.8, 4) is 0 Å². The van der Waals surface area contributed by atoms with Gasteiger partial charge in [-0.3, -0.25) is 4.99 Å². The molecule has 0 unspecified atom stereocenters. The van der Waals surface area contributed by atoms with E-state index in [9.17, 15) is 4.79 Å². The summed E-state index contributed by atoms with van der Waals surface area (Å²) in [6.07, 6.45) is 0.637. The molecule has 0 atom stereocenters. The van der Waals surface area contributed by atoms with Crippen molar-refractivity contribution in [3.63, 3.8) is 0 Å². The topological polar surface area (TPSA) is 38.7 Å². The van der Waals surface area contributed by atoms with Crippen molar-refractivity contribution in [2.45, 2.75) is 20.3 Å². The Labute approximate surface area is 65.8 Å². The largest absolute Gasteiger partial charge is 0.465 e. The fourth-order valence-electron chi connectivity index (χ4n) is 0.952. The van der Waals surface area contributed by atoms with Crippen molar-refractivity contribution < 1.29 is 9.53 Å². The Kier molecular flexibility index (Phi) is 2.08. The molecule has 0 saturated heterocycles. The number of aliphatic imine (C=N–C) groups is 1. The summed E-state index contributed by atoms with van der Waals surface area (Å²) in [5.74, 6) is -0.318. The molecule has 1 aliphatic heterocycles. The first-order valence-electron chi connectivity index (χ1n) is 3.47. The smallest absolute Gasteiger partial charge is 0.352 e. The van der Waals surface area contributed by atoms with Crippen LogP contribution in [0.3, 0.4) is 0 Å².